The van der Waals surface area contributed by atoms with Gasteiger partial charge < -0.3 is 20.6 Å². The quantitative estimate of drug-likeness (QED) is 0.475. The highest BCUT2D eigenvalue weighted by molar-refractivity contribution is 5.82. The van der Waals surface area contributed by atoms with Crippen molar-refractivity contribution in [1.29, 1.82) is 0 Å². The maximum Gasteiger partial charge on any atom is 0.140 e. The van der Waals surface area contributed by atoms with Crippen LogP contribution in [0.3, 0.4) is 0 Å². The van der Waals surface area contributed by atoms with Crippen LogP contribution in [0.25, 0.3) is 11.0 Å². The molecule has 3 aromatic rings. The summed E-state index contributed by atoms with van der Waals surface area (Å²) in [4.78, 5) is 7.19. The summed E-state index contributed by atoms with van der Waals surface area (Å²) in [6.07, 6.45) is 3.47. The summed E-state index contributed by atoms with van der Waals surface area (Å²) < 4.78 is 5.73. The SMILES string of the molecule is Nc1cc(Oc2ccnc3[nH]ccc23)ccc1O. The van der Waals surface area contributed by atoms with Gasteiger partial charge in [-0.25, -0.2) is 4.98 Å². The van der Waals surface area contributed by atoms with Gasteiger partial charge in [0.05, 0.1) is 11.1 Å². The Bertz CT molecular complexity index is 706. The van der Waals surface area contributed by atoms with Crippen LogP contribution in [-0.2, 0) is 0 Å². The zero-order chi connectivity index (χ0) is 12.5. The van der Waals surface area contributed by atoms with E-state index < -0.39 is 0 Å². The predicted molar refractivity (Wildman–Crippen MR) is 68.7 cm³/mol. The lowest BCUT2D eigenvalue weighted by Gasteiger charge is -2.07. The number of aromatic nitrogens is 2. The molecule has 5 heteroatoms. The topological polar surface area (TPSA) is 84.2 Å². The normalized spacial score (nSPS) is 10.7. The summed E-state index contributed by atoms with van der Waals surface area (Å²) in [7, 11) is 0. The van der Waals surface area contributed by atoms with Gasteiger partial charge in [0, 0.05) is 18.5 Å². The average Bonchev–Trinajstić information content (AvgIpc) is 2.83. The molecule has 0 aliphatic carbocycles. The number of phenols is 1. The Hall–Kier alpha value is -2.69. The third kappa shape index (κ3) is 1.71. The Morgan fingerprint density at radius 1 is 1.22 bits per heavy atom. The third-order valence-corrected chi connectivity index (χ3v) is 2.65. The zero-order valence-corrected chi connectivity index (χ0v) is 9.42. The summed E-state index contributed by atoms with van der Waals surface area (Å²) >= 11 is 0. The Balaban J connectivity index is 2.01. The van der Waals surface area contributed by atoms with E-state index in [2.05, 4.69) is 9.97 Å². The lowest BCUT2D eigenvalue weighted by Crippen LogP contribution is -1.89. The summed E-state index contributed by atoms with van der Waals surface area (Å²) in [6.45, 7) is 0. The lowest BCUT2D eigenvalue weighted by molar-refractivity contribution is 0.468. The van der Waals surface area contributed by atoms with Crippen molar-refractivity contribution in [3.8, 4) is 17.2 Å². The van der Waals surface area contributed by atoms with Crippen LogP contribution in [0.15, 0.2) is 42.7 Å². The monoisotopic (exact) mass is 241 g/mol. The standard InChI is InChI=1S/C13H11N3O2/c14-10-7-8(1-2-11(10)17)18-12-4-6-16-13-9(12)3-5-15-13/h1-7,17H,14H2,(H,15,16). The number of nitrogen functional groups attached to an aromatic ring is 1. The number of nitrogens with zero attached hydrogens (tertiary/aromatic N) is 1. The maximum atomic E-state index is 9.35. The number of nitrogens with two attached hydrogens (primary N) is 1. The molecule has 0 radical (unpaired) electrons. The molecule has 1 aromatic carbocycles. The van der Waals surface area contributed by atoms with E-state index in [0.717, 1.165) is 11.0 Å². The third-order valence-electron chi connectivity index (χ3n) is 2.65. The van der Waals surface area contributed by atoms with Gasteiger partial charge in [-0.1, -0.05) is 0 Å². The number of fused-ring (bicyclic) bond motifs is 1. The Kier molecular flexibility index (Phi) is 2.30. The number of anilines is 1. The summed E-state index contributed by atoms with van der Waals surface area (Å²) in [5.74, 6) is 1.30. The minimum absolute atomic E-state index is 0.0452. The number of aromatic amines is 1. The fraction of sp³-hybridized carbons (Fsp3) is 0. The Morgan fingerprint density at radius 3 is 2.94 bits per heavy atom. The highest BCUT2D eigenvalue weighted by Crippen LogP contribution is 2.31. The second-order valence-electron chi connectivity index (χ2n) is 3.87. The van der Waals surface area contributed by atoms with Crippen LogP contribution in [0.5, 0.6) is 17.2 Å². The van der Waals surface area contributed by atoms with Gasteiger partial charge in [-0.05, 0) is 24.3 Å². The number of benzene rings is 1. The summed E-state index contributed by atoms with van der Waals surface area (Å²) in [5, 5.41) is 10.2. The van der Waals surface area contributed by atoms with Crippen LogP contribution >= 0.6 is 0 Å². The number of phenolic OH excluding ortho intramolecular Hbond substituents is 1. The van der Waals surface area contributed by atoms with Crippen molar-refractivity contribution in [2.45, 2.75) is 0 Å². The van der Waals surface area contributed by atoms with E-state index in [1.54, 1.807) is 30.6 Å². The number of pyridine rings is 1. The molecule has 4 N–H and O–H groups in total. The van der Waals surface area contributed by atoms with Gasteiger partial charge in [0.15, 0.2) is 0 Å². The largest absolute Gasteiger partial charge is 0.506 e. The number of hydrogen-bond acceptors (Lipinski definition) is 4. The molecule has 0 amide bonds. The average molecular weight is 241 g/mol. The Labute approximate surface area is 103 Å². The van der Waals surface area contributed by atoms with Crippen LogP contribution in [0, 0.1) is 0 Å². The molecule has 90 valence electrons. The molecule has 0 aliphatic rings. The smallest absolute Gasteiger partial charge is 0.140 e. The second-order valence-corrected chi connectivity index (χ2v) is 3.87. The maximum absolute atomic E-state index is 9.35. The van der Waals surface area contributed by atoms with E-state index in [1.165, 1.54) is 6.07 Å². The molecule has 0 saturated carbocycles. The fourth-order valence-corrected chi connectivity index (χ4v) is 1.75. The van der Waals surface area contributed by atoms with E-state index in [-0.39, 0.29) is 11.4 Å². The van der Waals surface area contributed by atoms with Crippen molar-refractivity contribution < 1.29 is 9.84 Å². The van der Waals surface area contributed by atoms with Crippen molar-refractivity contribution in [3.05, 3.63) is 42.7 Å². The zero-order valence-electron chi connectivity index (χ0n) is 9.42. The van der Waals surface area contributed by atoms with Gasteiger partial charge in [0.1, 0.15) is 22.9 Å². The Morgan fingerprint density at radius 2 is 2.11 bits per heavy atom. The molecule has 5 nitrogen and oxygen atoms in total. The number of hydrogen-bond donors (Lipinski definition) is 3. The van der Waals surface area contributed by atoms with E-state index in [1.807, 2.05) is 6.07 Å². The first-order valence-electron chi connectivity index (χ1n) is 5.42. The molecule has 18 heavy (non-hydrogen) atoms. The number of ether oxygens (including phenoxy) is 1. The van der Waals surface area contributed by atoms with Crippen LogP contribution in [0.1, 0.15) is 0 Å². The highest BCUT2D eigenvalue weighted by atomic mass is 16.5. The van der Waals surface area contributed by atoms with E-state index in [4.69, 9.17) is 10.5 Å². The van der Waals surface area contributed by atoms with Gasteiger partial charge >= 0.3 is 0 Å². The minimum atomic E-state index is 0.0452. The van der Waals surface area contributed by atoms with Gasteiger partial charge in [0.25, 0.3) is 0 Å². The van der Waals surface area contributed by atoms with E-state index in [9.17, 15) is 5.11 Å². The summed E-state index contributed by atoms with van der Waals surface area (Å²) in [6, 6.07) is 8.40. The van der Waals surface area contributed by atoms with E-state index in [0.29, 0.717) is 11.5 Å². The molecule has 0 bridgehead atoms. The van der Waals surface area contributed by atoms with Crippen LogP contribution in [0.2, 0.25) is 0 Å². The van der Waals surface area contributed by atoms with Gasteiger partial charge in [-0.15, -0.1) is 0 Å². The van der Waals surface area contributed by atoms with Crippen LogP contribution in [-0.4, -0.2) is 15.1 Å². The van der Waals surface area contributed by atoms with Crippen LogP contribution in [0.4, 0.5) is 5.69 Å². The van der Waals surface area contributed by atoms with Gasteiger partial charge in [0.2, 0.25) is 0 Å². The molecule has 0 spiro atoms. The van der Waals surface area contributed by atoms with Crippen molar-refractivity contribution in [2.75, 3.05) is 5.73 Å². The molecule has 0 atom stereocenters. The molecule has 0 fully saturated rings. The van der Waals surface area contributed by atoms with Crippen molar-refractivity contribution >= 4 is 16.7 Å². The van der Waals surface area contributed by atoms with Gasteiger partial charge in [-0.3, -0.25) is 0 Å². The van der Waals surface area contributed by atoms with Crippen molar-refractivity contribution in [3.63, 3.8) is 0 Å². The number of nitrogens with one attached hydrogen (secondary N) is 1. The molecule has 0 unspecified atom stereocenters. The van der Waals surface area contributed by atoms with Crippen molar-refractivity contribution in [2.24, 2.45) is 0 Å². The molecular weight excluding hydrogens is 230 g/mol. The molecule has 0 aliphatic heterocycles. The molecule has 0 saturated heterocycles. The van der Waals surface area contributed by atoms with Crippen molar-refractivity contribution in [1.82, 2.24) is 9.97 Å². The van der Waals surface area contributed by atoms with Crippen LogP contribution < -0.4 is 10.5 Å². The second kappa shape index (κ2) is 3.96. The lowest BCUT2D eigenvalue weighted by atomic mass is 10.2. The first-order valence-corrected chi connectivity index (χ1v) is 5.42. The fourth-order valence-electron chi connectivity index (χ4n) is 1.75. The molecule has 2 aromatic heterocycles. The summed E-state index contributed by atoms with van der Waals surface area (Å²) in [5.41, 5.74) is 6.67. The molecule has 3 rings (SSSR count). The first-order chi connectivity index (χ1) is 8.74. The number of H-pyrrole nitrogens is 1. The molecule has 2 heterocycles. The minimum Gasteiger partial charge on any atom is -0.506 e. The highest BCUT2D eigenvalue weighted by Gasteiger charge is 2.06. The van der Waals surface area contributed by atoms with E-state index >= 15 is 0 Å². The predicted octanol–water partition coefficient (Wildman–Crippen LogP) is 2.64. The number of aromatic hydroxyl groups is 1. The first kappa shape index (κ1) is 10.5. The molecular formula is C13H11N3O2. The number of rotatable bonds is 2. The van der Waals surface area contributed by atoms with Gasteiger partial charge in [-0.2, -0.15) is 0 Å².